The van der Waals surface area contributed by atoms with Crippen LogP contribution in [0, 0.1) is 19.8 Å². The molecule has 0 aromatic carbocycles. The number of rotatable bonds is 6. The van der Waals surface area contributed by atoms with E-state index >= 15 is 0 Å². The molecule has 2 aromatic heterocycles. The van der Waals surface area contributed by atoms with Crippen molar-refractivity contribution in [1.82, 2.24) is 15.3 Å². The highest BCUT2D eigenvalue weighted by Gasteiger charge is 2.16. The van der Waals surface area contributed by atoms with Crippen LogP contribution in [0.25, 0.3) is 0 Å². The predicted octanol–water partition coefficient (Wildman–Crippen LogP) is 2.32. The van der Waals surface area contributed by atoms with E-state index in [0.29, 0.717) is 29.1 Å². The van der Waals surface area contributed by atoms with E-state index in [-0.39, 0.29) is 5.75 Å². The van der Waals surface area contributed by atoms with E-state index < -0.39 is 10.8 Å². The highest BCUT2D eigenvalue weighted by molar-refractivity contribution is 7.83. The smallest absolute Gasteiger partial charge is 0.239 e. The van der Waals surface area contributed by atoms with Gasteiger partial charge in [-0.25, -0.2) is 0 Å². The Morgan fingerprint density at radius 2 is 1.90 bits per heavy atom. The van der Waals surface area contributed by atoms with Crippen molar-refractivity contribution in [3.8, 4) is 0 Å². The molecule has 0 radical (unpaired) electrons. The molecule has 110 valence electrons. The van der Waals surface area contributed by atoms with Crippen LogP contribution in [0.3, 0.4) is 0 Å². The topological polar surface area (TPSA) is 82.0 Å². The fourth-order valence-corrected chi connectivity index (χ4v) is 3.08. The van der Waals surface area contributed by atoms with Crippen LogP contribution in [0.15, 0.2) is 9.05 Å². The van der Waals surface area contributed by atoms with E-state index in [9.17, 15) is 4.21 Å². The third-order valence-corrected chi connectivity index (χ3v) is 4.05. The molecule has 0 bridgehead atoms. The van der Waals surface area contributed by atoms with Crippen LogP contribution in [0.5, 0.6) is 0 Å². The van der Waals surface area contributed by atoms with Gasteiger partial charge >= 0.3 is 0 Å². The standard InChI is InChI=1S/C13H19N3O3S/c1-8(2)5-12-14-13(19-16-12)7-20(17)6-11-9(3)15-18-10(11)4/h8H,5-7H2,1-4H3/t20-/m0/s1. The number of aromatic nitrogens is 3. The molecule has 0 aliphatic heterocycles. The van der Waals surface area contributed by atoms with Crippen LogP contribution in [0.4, 0.5) is 0 Å². The van der Waals surface area contributed by atoms with E-state index in [2.05, 4.69) is 29.1 Å². The molecule has 0 unspecified atom stereocenters. The maximum atomic E-state index is 12.1. The Balaban J connectivity index is 1.96. The van der Waals surface area contributed by atoms with Gasteiger partial charge in [-0.3, -0.25) is 4.21 Å². The van der Waals surface area contributed by atoms with E-state index in [4.69, 9.17) is 9.05 Å². The van der Waals surface area contributed by atoms with E-state index in [1.54, 1.807) is 0 Å². The molecule has 0 saturated carbocycles. The zero-order valence-electron chi connectivity index (χ0n) is 12.2. The molecular weight excluding hydrogens is 278 g/mol. The zero-order valence-corrected chi connectivity index (χ0v) is 13.0. The number of hydrogen-bond acceptors (Lipinski definition) is 6. The van der Waals surface area contributed by atoms with Crippen molar-refractivity contribution in [1.29, 1.82) is 0 Å². The highest BCUT2D eigenvalue weighted by atomic mass is 32.2. The molecule has 0 fully saturated rings. The lowest BCUT2D eigenvalue weighted by Gasteiger charge is -1.98. The summed E-state index contributed by atoms with van der Waals surface area (Å²) in [6.07, 6.45) is 0.764. The molecule has 1 atom stereocenters. The maximum absolute atomic E-state index is 12.1. The second-order valence-electron chi connectivity index (χ2n) is 5.23. The van der Waals surface area contributed by atoms with Crippen LogP contribution in [0.2, 0.25) is 0 Å². The van der Waals surface area contributed by atoms with Gasteiger partial charge in [-0.05, 0) is 19.8 Å². The van der Waals surface area contributed by atoms with Crippen molar-refractivity contribution in [2.45, 2.75) is 45.6 Å². The zero-order chi connectivity index (χ0) is 14.7. The minimum absolute atomic E-state index is 0.259. The summed E-state index contributed by atoms with van der Waals surface area (Å²) in [4.78, 5) is 4.25. The number of hydrogen-bond donors (Lipinski definition) is 0. The lowest BCUT2D eigenvalue weighted by Crippen LogP contribution is -2.02. The molecule has 0 aliphatic rings. The van der Waals surface area contributed by atoms with Crippen LogP contribution in [-0.4, -0.2) is 19.5 Å². The molecule has 6 nitrogen and oxygen atoms in total. The van der Waals surface area contributed by atoms with E-state index in [0.717, 1.165) is 17.7 Å². The second kappa shape index (κ2) is 6.30. The third-order valence-electron chi connectivity index (χ3n) is 2.87. The van der Waals surface area contributed by atoms with Gasteiger partial charge in [0.15, 0.2) is 5.82 Å². The quantitative estimate of drug-likeness (QED) is 0.813. The summed E-state index contributed by atoms with van der Waals surface area (Å²) < 4.78 is 22.3. The lowest BCUT2D eigenvalue weighted by molar-refractivity contribution is 0.381. The van der Waals surface area contributed by atoms with E-state index in [1.165, 1.54) is 0 Å². The molecule has 2 aromatic rings. The third kappa shape index (κ3) is 3.75. The van der Waals surface area contributed by atoms with Crippen LogP contribution >= 0.6 is 0 Å². The number of aryl methyl sites for hydroxylation is 2. The van der Waals surface area contributed by atoms with Gasteiger partial charge < -0.3 is 9.05 Å². The largest absolute Gasteiger partial charge is 0.361 e. The van der Waals surface area contributed by atoms with Crippen molar-refractivity contribution in [2.75, 3.05) is 0 Å². The van der Waals surface area contributed by atoms with Gasteiger partial charge in [0.25, 0.3) is 0 Å². The van der Waals surface area contributed by atoms with Gasteiger partial charge in [-0.2, -0.15) is 4.98 Å². The van der Waals surface area contributed by atoms with Gasteiger partial charge in [0.2, 0.25) is 5.89 Å². The molecule has 0 N–H and O–H groups in total. The van der Waals surface area contributed by atoms with Crippen molar-refractivity contribution < 1.29 is 13.3 Å². The van der Waals surface area contributed by atoms with Crippen molar-refractivity contribution >= 4 is 10.8 Å². The van der Waals surface area contributed by atoms with Crippen molar-refractivity contribution in [3.63, 3.8) is 0 Å². The molecule has 0 saturated heterocycles. The maximum Gasteiger partial charge on any atom is 0.239 e. The molecular formula is C13H19N3O3S. The van der Waals surface area contributed by atoms with Crippen LogP contribution in [0.1, 0.15) is 42.6 Å². The SMILES string of the molecule is Cc1noc(C)c1C[S@](=O)Cc1nc(CC(C)C)no1. The molecule has 2 heterocycles. The van der Waals surface area contributed by atoms with Gasteiger partial charge in [-0.1, -0.05) is 24.2 Å². The Kier molecular flexibility index (Phi) is 4.69. The monoisotopic (exact) mass is 297 g/mol. The molecule has 0 amide bonds. The highest BCUT2D eigenvalue weighted by Crippen LogP contribution is 2.16. The molecule has 0 aliphatic carbocycles. The Bertz CT molecular complexity index is 584. The summed E-state index contributed by atoms with van der Waals surface area (Å²) in [5.74, 6) is 2.92. The van der Waals surface area contributed by atoms with Crippen molar-refractivity contribution in [2.24, 2.45) is 5.92 Å². The van der Waals surface area contributed by atoms with Crippen LogP contribution in [-0.2, 0) is 28.7 Å². The summed E-state index contributed by atoms with van der Waals surface area (Å²) >= 11 is 0. The normalized spacial score (nSPS) is 13.1. The first-order valence-electron chi connectivity index (χ1n) is 6.54. The molecule has 0 spiro atoms. The lowest BCUT2D eigenvalue weighted by atomic mass is 10.1. The van der Waals surface area contributed by atoms with Crippen molar-refractivity contribution in [3.05, 3.63) is 28.7 Å². The van der Waals surface area contributed by atoms with Gasteiger partial charge in [0.1, 0.15) is 11.5 Å². The summed E-state index contributed by atoms with van der Waals surface area (Å²) in [5, 5.41) is 7.74. The van der Waals surface area contributed by atoms with Gasteiger partial charge in [0.05, 0.1) is 11.4 Å². The predicted molar refractivity (Wildman–Crippen MR) is 74.4 cm³/mol. The average molecular weight is 297 g/mol. The Hall–Kier alpha value is -1.50. The Labute approximate surface area is 120 Å². The Morgan fingerprint density at radius 3 is 2.50 bits per heavy atom. The van der Waals surface area contributed by atoms with Crippen LogP contribution < -0.4 is 0 Å². The van der Waals surface area contributed by atoms with Gasteiger partial charge in [0, 0.05) is 22.8 Å². The first-order chi connectivity index (χ1) is 9.45. The first kappa shape index (κ1) is 14.9. The Morgan fingerprint density at radius 1 is 1.15 bits per heavy atom. The fourth-order valence-electron chi connectivity index (χ4n) is 1.85. The molecule has 20 heavy (non-hydrogen) atoms. The molecule has 7 heteroatoms. The summed E-state index contributed by atoms with van der Waals surface area (Å²) in [5.41, 5.74) is 1.67. The summed E-state index contributed by atoms with van der Waals surface area (Å²) in [6, 6.07) is 0. The second-order valence-corrected chi connectivity index (χ2v) is 6.69. The number of nitrogens with zero attached hydrogens (tertiary/aromatic N) is 3. The fraction of sp³-hybridized carbons (Fsp3) is 0.615. The first-order valence-corrected chi connectivity index (χ1v) is 8.02. The minimum atomic E-state index is -1.12. The average Bonchev–Trinajstić information content (AvgIpc) is 2.90. The summed E-state index contributed by atoms with van der Waals surface area (Å²) in [6.45, 7) is 7.84. The summed E-state index contributed by atoms with van der Waals surface area (Å²) in [7, 11) is -1.12. The minimum Gasteiger partial charge on any atom is -0.361 e. The van der Waals surface area contributed by atoms with E-state index in [1.807, 2.05) is 13.8 Å². The van der Waals surface area contributed by atoms with Gasteiger partial charge in [-0.15, -0.1) is 0 Å². The molecule has 2 rings (SSSR count).